The average molecular weight is 394 g/mol. The average Bonchev–Trinajstić information content (AvgIpc) is 2.74. The molecule has 29 heavy (non-hydrogen) atoms. The topological polar surface area (TPSA) is 69.7 Å². The van der Waals surface area contributed by atoms with Gasteiger partial charge in [-0.15, -0.1) is 0 Å². The van der Waals surface area contributed by atoms with Crippen LogP contribution >= 0.6 is 0 Å². The molecule has 0 saturated carbocycles. The molecule has 2 aliphatic carbocycles. The molecule has 0 heterocycles. The van der Waals surface area contributed by atoms with Crippen molar-refractivity contribution in [2.75, 3.05) is 13.2 Å². The van der Waals surface area contributed by atoms with Gasteiger partial charge in [0, 0.05) is 11.6 Å². The Morgan fingerprint density at radius 2 is 1.59 bits per heavy atom. The SMILES string of the molecule is C=CC(=O)OCCCCCCOc1ccc(C)c2c1C(=O)C1C=CC=CC1C2=O. The molecule has 1 aromatic carbocycles. The van der Waals surface area contributed by atoms with Crippen molar-refractivity contribution in [1.29, 1.82) is 0 Å². The summed E-state index contributed by atoms with van der Waals surface area (Å²) < 4.78 is 10.8. The first-order valence-electron chi connectivity index (χ1n) is 10.0. The van der Waals surface area contributed by atoms with Crippen LogP contribution in [0.4, 0.5) is 0 Å². The number of benzene rings is 1. The van der Waals surface area contributed by atoms with Crippen LogP contribution in [-0.4, -0.2) is 30.7 Å². The number of allylic oxidation sites excluding steroid dienone is 4. The van der Waals surface area contributed by atoms with E-state index in [4.69, 9.17) is 9.47 Å². The van der Waals surface area contributed by atoms with E-state index in [1.807, 2.05) is 31.2 Å². The minimum absolute atomic E-state index is 0.0118. The zero-order valence-corrected chi connectivity index (χ0v) is 16.7. The van der Waals surface area contributed by atoms with Gasteiger partial charge < -0.3 is 9.47 Å². The van der Waals surface area contributed by atoms with E-state index >= 15 is 0 Å². The number of ether oxygens (including phenoxy) is 2. The maximum atomic E-state index is 13.1. The van der Waals surface area contributed by atoms with Gasteiger partial charge in [0.25, 0.3) is 0 Å². The minimum Gasteiger partial charge on any atom is -0.493 e. The molecule has 0 amide bonds. The highest BCUT2D eigenvalue weighted by Gasteiger charge is 2.41. The zero-order valence-electron chi connectivity index (χ0n) is 16.7. The van der Waals surface area contributed by atoms with Gasteiger partial charge in [-0.3, -0.25) is 9.59 Å². The Morgan fingerprint density at radius 1 is 0.966 bits per heavy atom. The summed E-state index contributed by atoms with van der Waals surface area (Å²) >= 11 is 0. The van der Waals surface area contributed by atoms with Crippen molar-refractivity contribution in [1.82, 2.24) is 0 Å². The van der Waals surface area contributed by atoms with Gasteiger partial charge in [-0.05, 0) is 44.2 Å². The molecule has 0 bridgehead atoms. The summed E-state index contributed by atoms with van der Waals surface area (Å²) in [5.74, 6) is -0.825. The third-order valence-corrected chi connectivity index (χ3v) is 5.32. The second kappa shape index (κ2) is 9.50. The molecule has 1 aromatic rings. The summed E-state index contributed by atoms with van der Waals surface area (Å²) in [4.78, 5) is 37.0. The maximum absolute atomic E-state index is 13.1. The number of Topliss-reactive ketones (excluding diaryl/α,β-unsaturated/α-hetero) is 2. The first-order chi connectivity index (χ1) is 14.0. The van der Waals surface area contributed by atoms with E-state index in [0.29, 0.717) is 30.1 Å². The molecule has 5 nitrogen and oxygen atoms in total. The number of carbonyl (C=O) groups is 3. The van der Waals surface area contributed by atoms with Crippen LogP contribution < -0.4 is 4.74 Å². The van der Waals surface area contributed by atoms with Crippen molar-refractivity contribution in [3.8, 4) is 5.75 Å². The first-order valence-corrected chi connectivity index (χ1v) is 10.0. The smallest absolute Gasteiger partial charge is 0.330 e. The lowest BCUT2D eigenvalue weighted by molar-refractivity contribution is -0.137. The van der Waals surface area contributed by atoms with Crippen molar-refractivity contribution in [3.05, 3.63) is 65.8 Å². The fraction of sp³-hybridized carbons (Fsp3) is 0.375. The lowest BCUT2D eigenvalue weighted by Crippen LogP contribution is -2.36. The number of rotatable bonds is 9. The number of hydrogen-bond acceptors (Lipinski definition) is 5. The van der Waals surface area contributed by atoms with Gasteiger partial charge in [-0.2, -0.15) is 0 Å². The van der Waals surface area contributed by atoms with Gasteiger partial charge in [0.1, 0.15) is 5.75 Å². The van der Waals surface area contributed by atoms with Crippen molar-refractivity contribution >= 4 is 17.5 Å². The highest BCUT2D eigenvalue weighted by Crippen LogP contribution is 2.39. The molecular weight excluding hydrogens is 368 g/mol. The molecule has 0 aliphatic heterocycles. The maximum Gasteiger partial charge on any atom is 0.330 e. The monoisotopic (exact) mass is 394 g/mol. The van der Waals surface area contributed by atoms with Crippen molar-refractivity contribution in [2.24, 2.45) is 11.8 Å². The zero-order chi connectivity index (χ0) is 20.8. The number of carbonyl (C=O) groups excluding carboxylic acids is 3. The van der Waals surface area contributed by atoms with E-state index in [1.165, 1.54) is 0 Å². The van der Waals surface area contributed by atoms with Crippen LogP contribution in [0, 0.1) is 18.8 Å². The molecule has 2 aliphatic rings. The van der Waals surface area contributed by atoms with Crippen LogP contribution in [0.1, 0.15) is 52.0 Å². The van der Waals surface area contributed by atoms with Gasteiger partial charge in [0.2, 0.25) is 0 Å². The summed E-state index contributed by atoms with van der Waals surface area (Å²) in [5, 5.41) is 0. The Hall–Kier alpha value is -2.95. The number of esters is 1. The Kier molecular flexibility index (Phi) is 6.81. The Labute approximate surface area is 171 Å². The van der Waals surface area contributed by atoms with Crippen LogP contribution in [0.3, 0.4) is 0 Å². The predicted octanol–water partition coefficient (Wildman–Crippen LogP) is 4.40. The molecule has 3 rings (SSSR count). The third kappa shape index (κ3) is 4.56. The normalized spacial score (nSPS) is 19.5. The highest BCUT2D eigenvalue weighted by atomic mass is 16.5. The van der Waals surface area contributed by atoms with E-state index in [1.54, 1.807) is 12.1 Å². The van der Waals surface area contributed by atoms with E-state index in [-0.39, 0.29) is 11.6 Å². The van der Waals surface area contributed by atoms with Gasteiger partial charge in [0.05, 0.1) is 30.6 Å². The number of ketones is 2. The van der Waals surface area contributed by atoms with Crippen molar-refractivity contribution in [3.63, 3.8) is 0 Å². The molecule has 0 saturated heterocycles. The summed E-state index contributed by atoms with van der Waals surface area (Å²) in [6.45, 7) is 6.06. The number of unbranched alkanes of at least 4 members (excludes halogenated alkanes) is 3. The Morgan fingerprint density at radius 3 is 2.24 bits per heavy atom. The van der Waals surface area contributed by atoms with E-state index in [2.05, 4.69) is 6.58 Å². The van der Waals surface area contributed by atoms with Crippen LogP contribution in [0.2, 0.25) is 0 Å². The van der Waals surface area contributed by atoms with Crippen LogP contribution in [0.5, 0.6) is 5.75 Å². The third-order valence-electron chi connectivity index (χ3n) is 5.32. The van der Waals surface area contributed by atoms with Gasteiger partial charge in [-0.25, -0.2) is 4.79 Å². The molecule has 5 heteroatoms. The van der Waals surface area contributed by atoms with Gasteiger partial charge >= 0.3 is 5.97 Å². The van der Waals surface area contributed by atoms with Crippen molar-refractivity contribution < 1.29 is 23.9 Å². The fourth-order valence-corrected chi connectivity index (χ4v) is 3.78. The number of aryl methyl sites for hydroxylation is 1. The molecular formula is C24H26O5. The summed E-state index contributed by atoms with van der Waals surface area (Å²) in [7, 11) is 0. The second-order valence-corrected chi connectivity index (χ2v) is 7.31. The molecule has 0 aromatic heterocycles. The lowest BCUT2D eigenvalue weighted by Gasteiger charge is -2.30. The fourth-order valence-electron chi connectivity index (χ4n) is 3.78. The van der Waals surface area contributed by atoms with Crippen LogP contribution in [0.25, 0.3) is 0 Å². The minimum atomic E-state index is -0.442. The Bertz CT molecular complexity index is 878. The molecule has 0 radical (unpaired) electrons. The summed E-state index contributed by atoms with van der Waals surface area (Å²) in [6.07, 6.45) is 11.9. The van der Waals surface area contributed by atoms with Crippen LogP contribution in [0.15, 0.2) is 49.1 Å². The van der Waals surface area contributed by atoms with Crippen molar-refractivity contribution in [2.45, 2.75) is 32.6 Å². The molecule has 152 valence electrons. The Balaban J connectivity index is 1.59. The second-order valence-electron chi connectivity index (χ2n) is 7.31. The van der Waals surface area contributed by atoms with Gasteiger partial charge in [-0.1, -0.05) is 36.9 Å². The molecule has 0 N–H and O–H groups in total. The first kappa shape index (κ1) is 20.8. The lowest BCUT2D eigenvalue weighted by atomic mass is 9.71. The number of hydrogen-bond donors (Lipinski definition) is 0. The van der Waals surface area contributed by atoms with E-state index < -0.39 is 17.8 Å². The largest absolute Gasteiger partial charge is 0.493 e. The van der Waals surface area contributed by atoms with E-state index in [9.17, 15) is 14.4 Å². The predicted molar refractivity (Wildman–Crippen MR) is 110 cm³/mol. The highest BCUT2D eigenvalue weighted by molar-refractivity contribution is 6.19. The summed E-state index contributed by atoms with van der Waals surface area (Å²) in [6, 6.07) is 3.63. The van der Waals surface area contributed by atoms with E-state index in [0.717, 1.165) is 37.3 Å². The quantitative estimate of drug-likeness (QED) is 0.353. The van der Waals surface area contributed by atoms with Crippen LogP contribution in [-0.2, 0) is 9.53 Å². The summed E-state index contributed by atoms with van der Waals surface area (Å²) in [5.41, 5.74) is 1.73. The molecule has 0 spiro atoms. The molecule has 0 fully saturated rings. The number of fused-ring (bicyclic) bond motifs is 2. The standard InChI is InChI=1S/C24H26O5/c1-3-20(25)29-15-9-5-4-8-14-28-19-13-12-16(2)21-22(19)24(27)18-11-7-6-10-17(18)23(21)26/h3,6-7,10-13,17-18H,1,4-5,8-9,14-15H2,2H3. The molecule has 2 atom stereocenters. The molecule has 2 unspecified atom stereocenters. The van der Waals surface area contributed by atoms with Gasteiger partial charge in [0.15, 0.2) is 11.6 Å².